The van der Waals surface area contributed by atoms with Gasteiger partial charge >= 0.3 is 0 Å². The van der Waals surface area contributed by atoms with Crippen molar-refractivity contribution in [2.45, 2.75) is 51.4 Å². The largest absolute Gasteiger partial charge is 0.455 e. The van der Waals surface area contributed by atoms with Crippen molar-refractivity contribution in [2.75, 3.05) is 9.80 Å². The van der Waals surface area contributed by atoms with Gasteiger partial charge in [0.25, 0.3) is 0 Å². The molecule has 0 saturated carbocycles. The molecule has 9 aromatic rings. The molecular weight excluding hydrogens is 717 g/mol. The van der Waals surface area contributed by atoms with Crippen molar-refractivity contribution in [2.24, 2.45) is 0 Å². The van der Waals surface area contributed by atoms with Crippen LogP contribution < -0.4 is 9.80 Å². The lowest BCUT2D eigenvalue weighted by Crippen LogP contribution is -2.34. The highest BCUT2D eigenvalue weighted by Crippen LogP contribution is 2.48. The molecule has 3 heteroatoms. The Morgan fingerprint density at radius 2 is 0.814 bits per heavy atom. The Balaban J connectivity index is 0.958. The highest BCUT2D eigenvalue weighted by Gasteiger charge is 2.37. The lowest BCUT2D eigenvalue weighted by atomic mass is 9.63. The molecule has 1 aliphatic rings. The predicted molar refractivity (Wildman–Crippen MR) is 249 cm³/mol. The maximum absolute atomic E-state index is 6.38. The van der Waals surface area contributed by atoms with Crippen LogP contribution in [0.5, 0.6) is 0 Å². The van der Waals surface area contributed by atoms with Crippen molar-refractivity contribution in [1.82, 2.24) is 0 Å². The fourth-order valence-corrected chi connectivity index (χ4v) is 9.13. The molecule has 3 nitrogen and oxygen atoms in total. The van der Waals surface area contributed by atoms with E-state index in [1.807, 2.05) is 12.1 Å². The Morgan fingerprint density at radius 3 is 1.39 bits per heavy atom. The SMILES string of the molecule is CC1(C)CCC(C)(C)c2cc(N(c3ccccc3)c3ccc(-c4ccc(N(c5ccccc5)c5ccc(-c6cccc7c6oc6ccccc67)cc5)cc4)cc3)ccc21. The van der Waals surface area contributed by atoms with E-state index in [0.29, 0.717) is 0 Å². The number of fused-ring (bicyclic) bond motifs is 4. The second kappa shape index (κ2) is 14.5. The summed E-state index contributed by atoms with van der Waals surface area (Å²) in [7, 11) is 0. The number of nitrogens with zero attached hydrogens (tertiary/aromatic N) is 2. The lowest BCUT2D eigenvalue weighted by molar-refractivity contribution is 0.332. The van der Waals surface area contributed by atoms with Gasteiger partial charge in [-0.2, -0.15) is 0 Å². The van der Waals surface area contributed by atoms with E-state index in [1.165, 1.54) is 40.8 Å². The third kappa shape index (κ3) is 6.67. The number of furan rings is 1. The molecule has 0 aliphatic heterocycles. The standard InChI is InChI=1S/C56H48N2O/c1-55(2)36-37-56(3,4)52-38-47(34-35-51(52)55)58(43-16-9-6-10-17-43)46-30-24-40(25-31-46)39-22-28-44(29-23-39)57(42-14-7-5-8-15-42)45-32-26-41(27-33-45)48-19-13-20-50-49-18-11-12-21-53(49)59-54(48)50/h5-35,38H,36-37H2,1-4H3. The van der Waals surface area contributed by atoms with Gasteiger partial charge in [-0.1, -0.05) is 143 Å². The van der Waals surface area contributed by atoms with Crippen molar-refractivity contribution in [1.29, 1.82) is 0 Å². The maximum atomic E-state index is 6.38. The van der Waals surface area contributed by atoms with Gasteiger partial charge in [-0.3, -0.25) is 0 Å². The van der Waals surface area contributed by atoms with Crippen LogP contribution in [0.25, 0.3) is 44.2 Å². The summed E-state index contributed by atoms with van der Waals surface area (Å²) in [6, 6.07) is 69.9. The summed E-state index contributed by atoms with van der Waals surface area (Å²) in [4.78, 5) is 4.71. The number of hydrogen-bond acceptors (Lipinski definition) is 3. The van der Waals surface area contributed by atoms with Gasteiger partial charge in [-0.15, -0.1) is 0 Å². The molecule has 0 amide bonds. The molecule has 288 valence electrons. The highest BCUT2D eigenvalue weighted by molar-refractivity contribution is 6.09. The van der Waals surface area contributed by atoms with E-state index in [0.717, 1.165) is 61.5 Å². The van der Waals surface area contributed by atoms with E-state index in [9.17, 15) is 0 Å². The summed E-state index contributed by atoms with van der Waals surface area (Å²) >= 11 is 0. The first-order valence-electron chi connectivity index (χ1n) is 20.8. The Kier molecular flexibility index (Phi) is 8.98. The van der Waals surface area contributed by atoms with Gasteiger partial charge in [-0.25, -0.2) is 0 Å². The molecule has 1 aromatic heterocycles. The average Bonchev–Trinajstić information content (AvgIpc) is 3.66. The minimum atomic E-state index is 0.129. The summed E-state index contributed by atoms with van der Waals surface area (Å²) < 4.78 is 6.38. The molecule has 0 fully saturated rings. The molecule has 0 bridgehead atoms. The molecular formula is C56H48N2O. The Morgan fingerprint density at radius 1 is 0.373 bits per heavy atom. The molecule has 59 heavy (non-hydrogen) atoms. The van der Waals surface area contributed by atoms with Crippen LogP contribution in [0.15, 0.2) is 199 Å². The Hall–Kier alpha value is -6.84. The molecule has 1 aliphatic carbocycles. The fourth-order valence-electron chi connectivity index (χ4n) is 9.13. The van der Waals surface area contributed by atoms with E-state index in [4.69, 9.17) is 4.42 Å². The molecule has 0 atom stereocenters. The number of hydrogen-bond donors (Lipinski definition) is 0. The Labute approximate surface area is 347 Å². The molecule has 0 radical (unpaired) electrons. The molecule has 0 spiro atoms. The van der Waals surface area contributed by atoms with E-state index in [2.05, 4.69) is 219 Å². The first-order valence-corrected chi connectivity index (χ1v) is 20.8. The summed E-state index contributed by atoms with van der Waals surface area (Å²) in [6.45, 7) is 9.59. The van der Waals surface area contributed by atoms with Crippen LogP contribution in [0.1, 0.15) is 51.7 Å². The third-order valence-corrected chi connectivity index (χ3v) is 12.5. The van der Waals surface area contributed by atoms with Gasteiger partial charge in [0.15, 0.2) is 0 Å². The molecule has 0 unspecified atom stereocenters. The number of para-hydroxylation sites is 4. The summed E-state index contributed by atoms with van der Waals surface area (Å²) in [5.41, 5.74) is 16.4. The van der Waals surface area contributed by atoms with Crippen LogP contribution in [0, 0.1) is 0 Å². The van der Waals surface area contributed by atoms with Gasteiger partial charge in [0.05, 0.1) is 0 Å². The zero-order valence-electron chi connectivity index (χ0n) is 34.2. The van der Waals surface area contributed by atoms with Crippen molar-refractivity contribution >= 4 is 56.1 Å². The summed E-state index contributed by atoms with van der Waals surface area (Å²) in [6.07, 6.45) is 2.39. The Bertz CT molecular complexity index is 2910. The first kappa shape index (κ1) is 36.5. The lowest BCUT2D eigenvalue weighted by Gasteiger charge is -2.42. The quantitative estimate of drug-likeness (QED) is 0.154. The first-order chi connectivity index (χ1) is 28.7. The van der Waals surface area contributed by atoms with Crippen LogP contribution in [0.4, 0.5) is 34.1 Å². The van der Waals surface area contributed by atoms with Gasteiger partial charge in [0.1, 0.15) is 11.2 Å². The zero-order chi connectivity index (χ0) is 40.1. The van der Waals surface area contributed by atoms with E-state index < -0.39 is 0 Å². The van der Waals surface area contributed by atoms with E-state index >= 15 is 0 Å². The van der Waals surface area contributed by atoms with Crippen LogP contribution in [-0.2, 0) is 10.8 Å². The summed E-state index contributed by atoms with van der Waals surface area (Å²) in [5, 5.41) is 2.28. The summed E-state index contributed by atoms with van der Waals surface area (Å²) in [5.74, 6) is 0. The van der Waals surface area contributed by atoms with Crippen LogP contribution in [-0.4, -0.2) is 0 Å². The number of rotatable bonds is 8. The highest BCUT2D eigenvalue weighted by atomic mass is 16.3. The minimum absolute atomic E-state index is 0.129. The topological polar surface area (TPSA) is 19.6 Å². The van der Waals surface area contributed by atoms with Gasteiger partial charge in [0, 0.05) is 50.5 Å². The van der Waals surface area contributed by atoms with Crippen LogP contribution >= 0.6 is 0 Å². The van der Waals surface area contributed by atoms with Gasteiger partial charge in [-0.05, 0) is 130 Å². The maximum Gasteiger partial charge on any atom is 0.143 e. The monoisotopic (exact) mass is 764 g/mol. The third-order valence-electron chi connectivity index (χ3n) is 12.5. The normalized spacial score (nSPS) is 14.2. The number of benzene rings is 8. The molecule has 1 heterocycles. The van der Waals surface area contributed by atoms with Crippen molar-refractivity contribution < 1.29 is 4.42 Å². The predicted octanol–water partition coefficient (Wildman–Crippen LogP) is 16.2. The van der Waals surface area contributed by atoms with Crippen molar-refractivity contribution in [3.8, 4) is 22.3 Å². The minimum Gasteiger partial charge on any atom is -0.455 e. The molecule has 10 rings (SSSR count). The zero-order valence-corrected chi connectivity index (χ0v) is 34.2. The molecule has 8 aromatic carbocycles. The molecule has 0 N–H and O–H groups in total. The van der Waals surface area contributed by atoms with Crippen LogP contribution in [0.3, 0.4) is 0 Å². The van der Waals surface area contributed by atoms with Crippen molar-refractivity contribution in [3.05, 3.63) is 205 Å². The average molecular weight is 765 g/mol. The van der Waals surface area contributed by atoms with Gasteiger partial charge < -0.3 is 14.2 Å². The second-order valence-corrected chi connectivity index (χ2v) is 17.3. The van der Waals surface area contributed by atoms with Crippen molar-refractivity contribution in [3.63, 3.8) is 0 Å². The fraction of sp³-hybridized carbons (Fsp3) is 0.143. The smallest absolute Gasteiger partial charge is 0.143 e. The second-order valence-electron chi connectivity index (χ2n) is 17.3. The molecule has 0 saturated heterocycles. The van der Waals surface area contributed by atoms with E-state index in [1.54, 1.807) is 0 Å². The van der Waals surface area contributed by atoms with Crippen LogP contribution in [0.2, 0.25) is 0 Å². The van der Waals surface area contributed by atoms with Gasteiger partial charge in [0.2, 0.25) is 0 Å². The van der Waals surface area contributed by atoms with E-state index in [-0.39, 0.29) is 10.8 Å². The number of anilines is 6.